The molecule has 0 aliphatic carbocycles. The van der Waals surface area contributed by atoms with Crippen LogP contribution >= 0.6 is 0 Å². The zero-order valence-corrected chi connectivity index (χ0v) is 26.9. The average molecular weight is 616 g/mol. The molecular weight excluding hydrogens is 572 g/mol. The topological polar surface area (TPSA) is 31.0 Å². The van der Waals surface area contributed by atoms with E-state index in [4.69, 9.17) is 13.5 Å². The average Bonchev–Trinajstić information content (AvgIpc) is 3.69. The van der Waals surface area contributed by atoms with Gasteiger partial charge in [0.2, 0.25) is 0 Å². The molecule has 8 rings (SSSR count). The first-order chi connectivity index (χ1) is 24.7. The van der Waals surface area contributed by atoms with Crippen molar-refractivity contribution in [2.75, 3.05) is 0 Å². The normalized spacial score (nSPS) is 14.2. The van der Waals surface area contributed by atoms with Gasteiger partial charge >= 0.3 is 0 Å². The molecule has 0 aliphatic heterocycles. The first kappa shape index (κ1) is 23.9. The highest BCUT2D eigenvalue weighted by molar-refractivity contribution is 6.11. The van der Waals surface area contributed by atoms with E-state index in [1.165, 1.54) is 0 Å². The lowest BCUT2D eigenvalue weighted by Crippen LogP contribution is -2.09. The number of fused-ring (bicyclic) bond motifs is 4. The molecule has 3 heteroatoms. The number of hydrogen-bond donors (Lipinski definition) is 0. The number of para-hydroxylation sites is 3. The van der Waals surface area contributed by atoms with Gasteiger partial charge in [0.25, 0.3) is 0 Å². The Morgan fingerprint density at radius 1 is 0.660 bits per heavy atom. The molecule has 2 heterocycles. The van der Waals surface area contributed by atoms with Crippen LogP contribution in [0.1, 0.15) is 63.0 Å². The van der Waals surface area contributed by atoms with E-state index in [0.717, 1.165) is 49.8 Å². The van der Waals surface area contributed by atoms with E-state index in [1.807, 2.05) is 99.0 Å². The maximum atomic E-state index is 9.53. The van der Waals surface area contributed by atoms with E-state index in [-0.39, 0.29) is 5.56 Å². The predicted octanol–water partition coefficient (Wildman–Crippen LogP) is 12.5. The molecule has 2 aromatic heterocycles. The van der Waals surface area contributed by atoms with Crippen LogP contribution in [0.2, 0.25) is 0 Å². The van der Waals surface area contributed by atoms with Gasteiger partial charge in [0.05, 0.1) is 22.3 Å². The summed E-state index contributed by atoms with van der Waals surface area (Å²) in [5.74, 6) is -1.63. The van der Waals surface area contributed by atoms with Crippen LogP contribution in [0.3, 0.4) is 0 Å². The summed E-state index contributed by atoms with van der Waals surface area (Å²) < 4.78 is 52.7. The van der Waals surface area contributed by atoms with Crippen molar-refractivity contribution in [2.24, 2.45) is 0 Å². The third-order valence-electron chi connectivity index (χ3n) is 9.06. The Morgan fingerprint density at radius 2 is 1.28 bits per heavy atom. The van der Waals surface area contributed by atoms with Crippen molar-refractivity contribution in [3.05, 3.63) is 144 Å². The van der Waals surface area contributed by atoms with Gasteiger partial charge in [-0.2, -0.15) is 0 Å². The van der Waals surface area contributed by atoms with Crippen molar-refractivity contribution in [1.82, 2.24) is 9.55 Å². The van der Waals surface area contributed by atoms with Gasteiger partial charge in [0, 0.05) is 17.6 Å². The summed E-state index contributed by atoms with van der Waals surface area (Å²) in [6.07, 6.45) is 0. The summed E-state index contributed by atoms with van der Waals surface area (Å²) in [6.45, 7) is 5.11. The maximum Gasteiger partial charge on any atom is 0.149 e. The van der Waals surface area contributed by atoms with E-state index in [9.17, 15) is 2.74 Å². The zero-order valence-electron chi connectivity index (χ0n) is 31.9. The van der Waals surface area contributed by atoms with Crippen molar-refractivity contribution in [1.29, 1.82) is 0 Å². The Bertz CT molecular complexity index is 2580. The smallest absolute Gasteiger partial charge is 0.149 e. The van der Waals surface area contributed by atoms with Crippen LogP contribution in [0.5, 0.6) is 0 Å². The van der Waals surface area contributed by atoms with E-state index in [2.05, 4.69) is 48.5 Å². The summed E-state index contributed by atoms with van der Waals surface area (Å²) in [5, 5.41) is 1.25. The maximum absolute atomic E-state index is 9.53. The van der Waals surface area contributed by atoms with Crippen LogP contribution < -0.4 is 0 Å². The minimum Gasteiger partial charge on any atom is -0.455 e. The van der Waals surface area contributed by atoms with Gasteiger partial charge in [-0.25, -0.2) is 4.98 Å². The van der Waals surface area contributed by atoms with Gasteiger partial charge in [-0.1, -0.05) is 119 Å². The van der Waals surface area contributed by atoms with Gasteiger partial charge in [-0.15, -0.1) is 0 Å². The number of hydrogen-bond acceptors (Lipinski definition) is 2. The standard InChI is InChI=1S/C44H38N2O/c1-27(2)36-25-33(32-22-20-31(21-23-32)30-13-7-6-8-14-30)26-37(28(3)4)42(36)46-39-17-11-10-16-38(39)45-44(46)35-24-19-29(5)41-34-15-9-12-18-40(34)47-43(35)41/h6-28H,1-5H3/i5D3,27D,28D. The molecule has 0 saturated heterocycles. The lowest BCUT2D eigenvalue weighted by atomic mass is 9.87. The van der Waals surface area contributed by atoms with Crippen molar-refractivity contribution >= 4 is 33.0 Å². The molecular formula is C44H38N2O. The minimum atomic E-state index is -2.37. The van der Waals surface area contributed by atoms with Gasteiger partial charge in [0.15, 0.2) is 0 Å². The van der Waals surface area contributed by atoms with Crippen molar-refractivity contribution < 1.29 is 11.3 Å². The number of imidazole rings is 1. The van der Waals surface area contributed by atoms with E-state index in [0.29, 0.717) is 33.6 Å². The molecule has 0 unspecified atom stereocenters. The molecule has 0 saturated carbocycles. The number of benzene rings is 6. The summed E-state index contributed by atoms with van der Waals surface area (Å²) in [7, 11) is 0. The molecule has 0 atom stereocenters. The highest BCUT2D eigenvalue weighted by atomic mass is 16.3. The Hall–Kier alpha value is -5.41. The molecule has 0 spiro atoms. The second-order valence-electron chi connectivity index (χ2n) is 12.6. The Kier molecular flexibility index (Phi) is 5.80. The number of aromatic nitrogens is 2. The Balaban J connectivity index is 1.44. The molecule has 0 radical (unpaired) electrons. The highest BCUT2D eigenvalue weighted by Crippen LogP contribution is 2.43. The molecule has 230 valence electrons. The zero-order chi connectivity index (χ0) is 36.6. The molecule has 0 bridgehead atoms. The molecule has 0 fully saturated rings. The SMILES string of the molecule is [2H]C([2H])([2H])c1ccc(-c2nc3ccccc3n2-c2c(C([2H])(C)C)cc(-c3ccc(-c4ccccc4)cc3)cc2C([2H])(C)C)c2oc3ccccc3c12. The van der Waals surface area contributed by atoms with Gasteiger partial charge in [-0.3, -0.25) is 4.57 Å². The van der Waals surface area contributed by atoms with Crippen LogP contribution in [0.25, 0.3) is 72.3 Å². The van der Waals surface area contributed by atoms with Crippen LogP contribution in [0, 0.1) is 6.85 Å². The Labute approximate surface area is 283 Å². The molecule has 0 aliphatic rings. The number of aryl methyl sites for hydroxylation is 1. The summed E-state index contributed by atoms with van der Waals surface area (Å²) in [4.78, 5) is 5.18. The third-order valence-corrected chi connectivity index (χ3v) is 9.06. The van der Waals surface area contributed by atoms with Gasteiger partial charge in [-0.05, 0) is 94.0 Å². The second kappa shape index (κ2) is 11.4. The minimum absolute atomic E-state index is 0.211. The molecule has 0 N–H and O–H groups in total. The summed E-state index contributed by atoms with van der Waals surface area (Å²) >= 11 is 0. The molecule has 3 nitrogen and oxygen atoms in total. The fourth-order valence-corrected chi connectivity index (χ4v) is 6.73. The fourth-order valence-electron chi connectivity index (χ4n) is 6.73. The Morgan fingerprint density at radius 3 is 1.98 bits per heavy atom. The summed E-state index contributed by atoms with van der Waals surface area (Å²) in [5.41, 5.74) is 9.70. The van der Waals surface area contributed by atoms with Crippen LogP contribution in [0.4, 0.5) is 0 Å². The lowest BCUT2D eigenvalue weighted by Gasteiger charge is -2.24. The van der Waals surface area contributed by atoms with E-state index in [1.54, 1.807) is 12.1 Å². The largest absolute Gasteiger partial charge is 0.455 e. The first-order valence-corrected chi connectivity index (χ1v) is 16.0. The van der Waals surface area contributed by atoms with Gasteiger partial charge < -0.3 is 4.42 Å². The van der Waals surface area contributed by atoms with Crippen molar-refractivity contribution in [3.8, 4) is 39.3 Å². The molecule has 6 aromatic carbocycles. The monoisotopic (exact) mass is 615 g/mol. The number of rotatable bonds is 6. The predicted molar refractivity (Wildman–Crippen MR) is 198 cm³/mol. The number of furan rings is 1. The van der Waals surface area contributed by atoms with Gasteiger partial charge in [0.1, 0.15) is 17.0 Å². The van der Waals surface area contributed by atoms with Crippen LogP contribution in [0.15, 0.2) is 132 Å². The fraction of sp³-hybridized carbons (Fsp3) is 0.159. The molecule has 8 aromatic rings. The van der Waals surface area contributed by atoms with Crippen LogP contribution in [-0.4, -0.2) is 9.55 Å². The molecule has 0 amide bonds. The second-order valence-corrected chi connectivity index (χ2v) is 12.6. The lowest BCUT2D eigenvalue weighted by molar-refractivity contribution is 0.669. The van der Waals surface area contributed by atoms with E-state index >= 15 is 0 Å². The molecule has 47 heavy (non-hydrogen) atoms. The number of nitrogens with zero attached hydrogens (tertiary/aromatic N) is 2. The van der Waals surface area contributed by atoms with Crippen molar-refractivity contribution in [3.63, 3.8) is 0 Å². The first-order valence-electron chi connectivity index (χ1n) is 18.5. The quantitative estimate of drug-likeness (QED) is 0.186. The highest BCUT2D eigenvalue weighted by Gasteiger charge is 2.25. The van der Waals surface area contributed by atoms with E-state index < -0.39 is 18.6 Å². The third kappa shape index (κ3) is 4.85. The summed E-state index contributed by atoms with van der Waals surface area (Å²) in [6, 6.07) is 41.6. The van der Waals surface area contributed by atoms with Crippen molar-refractivity contribution in [2.45, 2.75) is 46.3 Å². The van der Waals surface area contributed by atoms with Crippen LogP contribution in [-0.2, 0) is 0 Å².